The van der Waals surface area contributed by atoms with E-state index in [2.05, 4.69) is 0 Å². The molecular weight excluding hydrogens is 241 g/mol. The largest absolute Gasteiger partial charge is 0.457 e. The van der Waals surface area contributed by atoms with Crippen molar-refractivity contribution in [2.45, 2.75) is 6.92 Å². The third kappa shape index (κ3) is 2.68. The van der Waals surface area contributed by atoms with Crippen LogP contribution in [-0.2, 0) is 0 Å². The van der Waals surface area contributed by atoms with Crippen molar-refractivity contribution in [1.29, 1.82) is 0 Å². The molecule has 0 amide bonds. The Labute approximate surface area is 104 Å². The smallest absolute Gasteiger partial charge is 0.131 e. The van der Waals surface area contributed by atoms with Crippen molar-refractivity contribution < 1.29 is 9.13 Å². The van der Waals surface area contributed by atoms with Crippen LogP contribution in [0.5, 0.6) is 11.5 Å². The van der Waals surface area contributed by atoms with Crippen molar-refractivity contribution >= 4 is 17.3 Å². The molecule has 0 unspecified atom stereocenters. The average Bonchev–Trinajstić information content (AvgIpc) is 2.29. The third-order valence-corrected chi connectivity index (χ3v) is 2.66. The summed E-state index contributed by atoms with van der Waals surface area (Å²) in [7, 11) is 0. The van der Waals surface area contributed by atoms with Crippen molar-refractivity contribution in [3.8, 4) is 11.5 Å². The first kappa shape index (κ1) is 11.7. The molecule has 88 valence electrons. The molecule has 2 aromatic carbocycles. The number of ether oxygens (including phenoxy) is 1. The average molecular weight is 252 g/mol. The van der Waals surface area contributed by atoms with Crippen molar-refractivity contribution in [2.24, 2.45) is 0 Å². The van der Waals surface area contributed by atoms with Crippen molar-refractivity contribution in [1.82, 2.24) is 0 Å². The Hall–Kier alpha value is -1.74. The van der Waals surface area contributed by atoms with Gasteiger partial charge in [-0.3, -0.25) is 0 Å². The predicted octanol–water partition coefficient (Wildman–Crippen LogP) is 4.16. The van der Waals surface area contributed by atoms with E-state index in [1.54, 1.807) is 24.3 Å². The monoisotopic (exact) mass is 251 g/mol. The Balaban J connectivity index is 2.30. The van der Waals surface area contributed by atoms with Gasteiger partial charge in [0.05, 0.1) is 10.7 Å². The van der Waals surface area contributed by atoms with E-state index in [1.165, 1.54) is 12.1 Å². The molecule has 0 heterocycles. The number of anilines is 1. The van der Waals surface area contributed by atoms with E-state index < -0.39 is 0 Å². The zero-order chi connectivity index (χ0) is 12.4. The summed E-state index contributed by atoms with van der Waals surface area (Å²) in [5, 5.41) is 0.438. The third-order valence-electron chi connectivity index (χ3n) is 2.34. The van der Waals surface area contributed by atoms with Gasteiger partial charge in [-0.1, -0.05) is 11.6 Å². The SMILES string of the molecule is Cc1cc(N)c(Cl)cc1Oc1ccc(F)cc1. The Morgan fingerprint density at radius 1 is 1.18 bits per heavy atom. The van der Waals surface area contributed by atoms with Gasteiger partial charge in [0, 0.05) is 6.07 Å². The highest BCUT2D eigenvalue weighted by atomic mass is 35.5. The van der Waals surface area contributed by atoms with E-state index in [1.807, 2.05) is 6.92 Å². The molecule has 0 aromatic heterocycles. The maximum Gasteiger partial charge on any atom is 0.131 e. The zero-order valence-electron chi connectivity index (χ0n) is 9.21. The normalized spacial score (nSPS) is 10.3. The first-order chi connectivity index (χ1) is 8.06. The molecule has 0 bridgehead atoms. The summed E-state index contributed by atoms with van der Waals surface area (Å²) in [5.74, 6) is 0.857. The van der Waals surface area contributed by atoms with Gasteiger partial charge in [-0.15, -0.1) is 0 Å². The van der Waals surface area contributed by atoms with Gasteiger partial charge in [-0.25, -0.2) is 4.39 Å². The zero-order valence-corrected chi connectivity index (χ0v) is 9.96. The van der Waals surface area contributed by atoms with E-state index in [0.717, 1.165) is 5.56 Å². The fraction of sp³-hybridized carbons (Fsp3) is 0.0769. The van der Waals surface area contributed by atoms with Gasteiger partial charge in [-0.2, -0.15) is 0 Å². The summed E-state index contributed by atoms with van der Waals surface area (Å²) in [4.78, 5) is 0. The highest BCUT2D eigenvalue weighted by Gasteiger charge is 2.06. The summed E-state index contributed by atoms with van der Waals surface area (Å²) in [6.07, 6.45) is 0. The molecule has 2 aromatic rings. The minimum absolute atomic E-state index is 0.301. The van der Waals surface area contributed by atoms with Gasteiger partial charge in [0.2, 0.25) is 0 Å². The van der Waals surface area contributed by atoms with Crippen LogP contribution in [0.2, 0.25) is 5.02 Å². The molecule has 0 aliphatic rings. The minimum atomic E-state index is -0.301. The first-order valence-electron chi connectivity index (χ1n) is 5.05. The van der Waals surface area contributed by atoms with Crippen LogP contribution in [0, 0.1) is 12.7 Å². The lowest BCUT2D eigenvalue weighted by Crippen LogP contribution is -1.92. The topological polar surface area (TPSA) is 35.2 Å². The van der Waals surface area contributed by atoms with Crippen LogP contribution in [0.1, 0.15) is 5.56 Å². The van der Waals surface area contributed by atoms with Crippen LogP contribution < -0.4 is 10.5 Å². The number of rotatable bonds is 2. The molecule has 0 saturated heterocycles. The standard InChI is InChI=1S/C13H11ClFNO/c1-8-6-12(16)11(14)7-13(8)17-10-4-2-9(15)3-5-10/h2-7H,16H2,1H3. The second-order valence-electron chi connectivity index (χ2n) is 3.70. The molecule has 17 heavy (non-hydrogen) atoms. The summed E-state index contributed by atoms with van der Waals surface area (Å²) >= 11 is 5.91. The van der Waals surface area contributed by atoms with Gasteiger partial charge >= 0.3 is 0 Å². The van der Waals surface area contributed by atoms with Gasteiger partial charge < -0.3 is 10.5 Å². The number of nitrogen functional groups attached to an aromatic ring is 1. The minimum Gasteiger partial charge on any atom is -0.457 e. The molecular formula is C13H11ClFNO. The van der Waals surface area contributed by atoms with E-state index in [-0.39, 0.29) is 5.82 Å². The van der Waals surface area contributed by atoms with Gasteiger partial charge in [0.25, 0.3) is 0 Å². The number of hydrogen-bond acceptors (Lipinski definition) is 2. The molecule has 4 heteroatoms. The maximum absolute atomic E-state index is 12.7. The number of nitrogens with two attached hydrogens (primary N) is 1. The number of aryl methyl sites for hydroxylation is 1. The highest BCUT2D eigenvalue weighted by Crippen LogP contribution is 2.31. The Morgan fingerprint density at radius 3 is 2.47 bits per heavy atom. The molecule has 2 nitrogen and oxygen atoms in total. The van der Waals surface area contributed by atoms with E-state index in [9.17, 15) is 4.39 Å². The maximum atomic E-state index is 12.7. The molecule has 0 radical (unpaired) electrons. The lowest BCUT2D eigenvalue weighted by Gasteiger charge is -2.10. The molecule has 2 rings (SSSR count). The van der Waals surface area contributed by atoms with E-state index >= 15 is 0 Å². The predicted molar refractivity (Wildman–Crippen MR) is 67.1 cm³/mol. The van der Waals surface area contributed by atoms with Crippen LogP contribution in [0.15, 0.2) is 36.4 Å². The van der Waals surface area contributed by atoms with Crippen molar-refractivity contribution in [3.05, 3.63) is 52.8 Å². The van der Waals surface area contributed by atoms with Crippen LogP contribution in [0.25, 0.3) is 0 Å². The Bertz CT molecular complexity index is 540. The number of hydrogen-bond donors (Lipinski definition) is 1. The summed E-state index contributed by atoms with van der Waals surface area (Å²) < 4.78 is 18.3. The number of halogens is 2. The first-order valence-corrected chi connectivity index (χ1v) is 5.43. The van der Waals surface area contributed by atoms with Crippen LogP contribution >= 0.6 is 11.6 Å². The van der Waals surface area contributed by atoms with E-state index in [0.29, 0.717) is 22.2 Å². The lowest BCUT2D eigenvalue weighted by atomic mass is 10.2. The Kier molecular flexibility index (Phi) is 3.20. The molecule has 0 atom stereocenters. The fourth-order valence-electron chi connectivity index (χ4n) is 1.43. The molecule has 0 aliphatic heterocycles. The summed E-state index contributed by atoms with van der Waals surface area (Å²) in [6, 6.07) is 9.17. The van der Waals surface area contributed by atoms with Crippen LogP contribution in [0.4, 0.5) is 10.1 Å². The van der Waals surface area contributed by atoms with Gasteiger partial charge in [0.1, 0.15) is 17.3 Å². The summed E-state index contributed by atoms with van der Waals surface area (Å²) in [6.45, 7) is 1.87. The lowest BCUT2D eigenvalue weighted by molar-refractivity contribution is 0.477. The van der Waals surface area contributed by atoms with Gasteiger partial charge in [-0.05, 0) is 42.8 Å². The quantitative estimate of drug-likeness (QED) is 0.814. The second kappa shape index (κ2) is 4.63. The van der Waals surface area contributed by atoms with E-state index in [4.69, 9.17) is 22.1 Å². The molecule has 0 fully saturated rings. The summed E-state index contributed by atoms with van der Waals surface area (Å²) in [5.41, 5.74) is 7.05. The highest BCUT2D eigenvalue weighted by molar-refractivity contribution is 6.33. The van der Waals surface area contributed by atoms with Crippen molar-refractivity contribution in [3.63, 3.8) is 0 Å². The Morgan fingerprint density at radius 2 is 1.82 bits per heavy atom. The second-order valence-corrected chi connectivity index (χ2v) is 4.10. The molecule has 0 saturated carbocycles. The number of benzene rings is 2. The van der Waals surface area contributed by atoms with Crippen LogP contribution in [-0.4, -0.2) is 0 Å². The van der Waals surface area contributed by atoms with Crippen LogP contribution in [0.3, 0.4) is 0 Å². The molecule has 2 N–H and O–H groups in total. The fourth-order valence-corrected chi connectivity index (χ4v) is 1.58. The van der Waals surface area contributed by atoms with Crippen molar-refractivity contribution in [2.75, 3.05) is 5.73 Å². The molecule has 0 aliphatic carbocycles. The van der Waals surface area contributed by atoms with Gasteiger partial charge in [0.15, 0.2) is 0 Å². The molecule has 0 spiro atoms.